The van der Waals surface area contributed by atoms with E-state index in [4.69, 9.17) is 16.7 Å². The van der Waals surface area contributed by atoms with Crippen LogP contribution < -0.4 is 0 Å². The highest BCUT2D eigenvalue weighted by Gasteiger charge is 2.55. The molecule has 1 N–H and O–H groups in total. The second-order valence-electron chi connectivity index (χ2n) is 4.97. The van der Waals surface area contributed by atoms with Gasteiger partial charge in [-0.2, -0.15) is 0 Å². The first-order valence-electron chi connectivity index (χ1n) is 5.93. The Morgan fingerprint density at radius 3 is 2.94 bits per heavy atom. The van der Waals surface area contributed by atoms with E-state index in [0.717, 1.165) is 24.7 Å². The van der Waals surface area contributed by atoms with E-state index in [0.29, 0.717) is 5.56 Å². The molecule has 0 amide bonds. The number of nitrogens with zero attached hydrogens (tertiary/aromatic N) is 1. The molecule has 0 bridgehead atoms. The summed E-state index contributed by atoms with van der Waals surface area (Å²) in [6.07, 6.45) is 2.81. The van der Waals surface area contributed by atoms with Gasteiger partial charge in [-0.1, -0.05) is 18.5 Å². The molecule has 1 aliphatic rings. The molecule has 98 valence electrons. The van der Waals surface area contributed by atoms with Crippen molar-refractivity contribution in [2.45, 2.75) is 39.0 Å². The summed E-state index contributed by atoms with van der Waals surface area (Å²) < 4.78 is 13.2. The third kappa shape index (κ3) is 2.09. The van der Waals surface area contributed by atoms with Crippen LogP contribution in [0.5, 0.6) is 0 Å². The van der Waals surface area contributed by atoms with E-state index in [1.807, 2.05) is 6.92 Å². The molecule has 5 heteroatoms. The molecule has 18 heavy (non-hydrogen) atoms. The van der Waals surface area contributed by atoms with Gasteiger partial charge in [-0.15, -0.1) is 0 Å². The summed E-state index contributed by atoms with van der Waals surface area (Å²) in [5, 5.41) is 9.04. The van der Waals surface area contributed by atoms with Crippen molar-refractivity contribution in [1.29, 1.82) is 0 Å². The quantitative estimate of drug-likeness (QED) is 0.911. The number of rotatable bonds is 4. The number of carboxylic acids is 1. The number of aliphatic carboxylic acids is 1. The van der Waals surface area contributed by atoms with E-state index in [2.05, 4.69) is 4.98 Å². The van der Waals surface area contributed by atoms with Gasteiger partial charge in [-0.3, -0.25) is 9.78 Å². The Balaban J connectivity index is 2.30. The van der Waals surface area contributed by atoms with Crippen molar-refractivity contribution in [3.05, 3.63) is 28.3 Å². The fourth-order valence-electron chi connectivity index (χ4n) is 2.67. The summed E-state index contributed by atoms with van der Waals surface area (Å²) in [7, 11) is 0. The van der Waals surface area contributed by atoms with E-state index in [1.54, 1.807) is 6.92 Å². The normalized spacial score (nSPS) is 26.1. The molecule has 1 heterocycles. The molecule has 0 aromatic carbocycles. The average Bonchev–Trinajstić information content (AvgIpc) is 3.00. The van der Waals surface area contributed by atoms with Crippen LogP contribution in [0.1, 0.15) is 43.4 Å². The minimum atomic E-state index is -0.801. The van der Waals surface area contributed by atoms with Crippen molar-refractivity contribution < 1.29 is 14.3 Å². The molecule has 1 saturated carbocycles. The number of halogens is 2. The van der Waals surface area contributed by atoms with Gasteiger partial charge in [0.25, 0.3) is 0 Å². The maximum absolute atomic E-state index is 13.2. The maximum Gasteiger partial charge on any atom is 0.303 e. The summed E-state index contributed by atoms with van der Waals surface area (Å²) >= 11 is 5.87. The number of carboxylic acid groups (broad SMARTS) is 1. The molecular weight excluding hydrogens is 257 g/mol. The van der Waals surface area contributed by atoms with Crippen LogP contribution in [0.15, 0.2) is 6.20 Å². The lowest BCUT2D eigenvalue weighted by Gasteiger charge is -2.13. The minimum Gasteiger partial charge on any atom is -0.481 e. The highest BCUT2D eigenvalue weighted by atomic mass is 35.5. The Morgan fingerprint density at radius 1 is 1.72 bits per heavy atom. The number of pyridine rings is 1. The van der Waals surface area contributed by atoms with Crippen LogP contribution in [-0.4, -0.2) is 16.1 Å². The Kier molecular flexibility index (Phi) is 3.32. The van der Waals surface area contributed by atoms with Crippen molar-refractivity contribution >= 4 is 17.6 Å². The van der Waals surface area contributed by atoms with Gasteiger partial charge in [0.15, 0.2) is 5.82 Å². The molecule has 1 aliphatic carbocycles. The molecule has 3 nitrogen and oxygen atoms in total. The summed E-state index contributed by atoms with van der Waals surface area (Å²) in [5.41, 5.74) is 1.14. The van der Waals surface area contributed by atoms with Crippen molar-refractivity contribution in [2.24, 2.45) is 5.41 Å². The molecule has 0 aliphatic heterocycles. The molecule has 1 aromatic rings. The first kappa shape index (κ1) is 13.3. The molecular formula is C13H15ClFNO2. The number of aromatic nitrogens is 1. The number of hydrogen-bond acceptors (Lipinski definition) is 2. The van der Waals surface area contributed by atoms with Crippen LogP contribution in [0.25, 0.3) is 0 Å². The van der Waals surface area contributed by atoms with Gasteiger partial charge in [0.1, 0.15) is 0 Å². The van der Waals surface area contributed by atoms with Crippen molar-refractivity contribution in [2.75, 3.05) is 0 Å². The molecule has 2 atom stereocenters. The zero-order valence-corrected chi connectivity index (χ0v) is 11.1. The zero-order valence-electron chi connectivity index (χ0n) is 10.3. The average molecular weight is 272 g/mol. The fraction of sp³-hybridized carbons (Fsp3) is 0.538. The lowest BCUT2D eigenvalue weighted by atomic mass is 9.93. The zero-order chi connectivity index (χ0) is 13.5. The Labute approximate surface area is 110 Å². The fourth-order valence-corrected chi connectivity index (χ4v) is 2.81. The van der Waals surface area contributed by atoms with Crippen LogP contribution in [-0.2, 0) is 4.79 Å². The first-order chi connectivity index (χ1) is 8.41. The molecule has 1 aromatic heterocycles. The lowest BCUT2D eigenvalue weighted by Crippen LogP contribution is -2.11. The predicted octanol–water partition coefficient (Wildman–Crippen LogP) is 3.54. The first-order valence-corrected chi connectivity index (χ1v) is 6.31. The topological polar surface area (TPSA) is 50.2 Å². The smallest absolute Gasteiger partial charge is 0.303 e. The van der Waals surface area contributed by atoms with Crippen LogP contribution in [0.2, 0.25) is 5.02 Å². The molecule has 2 rings (SSSR count). The molecule has 2 unspecified atom stereocenters. The Hall–Kier alpha value is -1.16. The van der Waals surface area contributed by atoms with Gasteiger partial charge < -0.3 is 5.11 Å². The van der Waals surface area contributed by atoms with Crippen molar-refractivity contribution in [1.82, 2.24) is 4.98 Å². The van der Waals surface area contributed by atoms with Gasteiger partial charge >= 0.3 is 5.97 Å². The van der Waals surface area contributed by atoms with E-state index >= 15 is 0 Å². The van der Waals surface area contributed by atoms with E-state index in [1.165, 1.54) is 0 Å². The van der Waals surface area contributed by atoms with E-state index in [-0.39, 0.29) is 22.8 Å². The second kappa shape index (κ2) is 4.50. The van der Waals surface area contributed by atoms with E-state index in [9.17, 15) is 9.18 Å². The van der Waals surface area contributed by atoms with Crippen LogP contribution in [0.3, 0.4) is 0 Å². The van der Waals surface area contributed by atoms with Gasteiger partial charge in [0, 0.05) is 11.6 Å². The monoisotopic (exact) mass is 271 g/mol. The van der Waals surface area contributed by atoms with Crippen molar-refractivity contribution in [3.63, 3.8) is 0 Å². The summed E-state index contributed by atoms with van der Waals surface area (Å²) in [4.78, 5) is 15.0. The predicted molar refractivity (Wildman–Crippen MR) is 66.3 cm³/mol. The lowest BCUT2D eigenvalue weighted by molar-refractivity contribution is -0.138. The third-order valence-electron chi connectivity index (χ3n) is 3.97. The minimum absolute atomic E-state index is 0.0803. The standard InChI is InChI=1S/C13H15ClFNO2/c1-3-13(5-10(17)18)4-8(13)12-7(2)11(14)9(15)6-16-12/h6,8H,3-5H2,1-2H3,(H,17,18). The molecule has 0 saturated heterocycles. The van der Waals surface area contributed by atoms with Gasteiger partial charge in [0.05, 0.1) is 17.6 Å². The largest absolute Gasteiger partial charge is 0.481 e. The number of hydrogen-bond donors (Lipinski definition) is 1. The molecule has 0 radical (unpaired) electrons. The van der Waals surface area contributed by atoms with Gasteiger partial charge in [-0.05, 0) is 30.7 Å². The Morgan fingerprint density at radius 2 is 2.39 bits per heavy atom. The van der Waals surface area contributed by atoms with Crippen molar-refractivity contribution in [3.8, 4) is 0 Å². The third-order valence-corrected chi connectivity index (χ3v) is 4.43. The Bertz CT molecular complexity index is 506. The summed E-state index contributed by atoms with van der Waals surface area (Å²) in [5.74, 6) is -1.25. The highest BCUT2D eigenvalue weighted by molar-refractivity contribution is 6.31. The summed E-state index contributed by atoms with van der Waals surface area (Å²) in [6.45, 7) is 3.71. The molecule has 1 fully saturated rings. The van der Waals surface area contributed by atoms with Crippen LogP contribution in [0.4, 0.5) is 4.39 Å². The van der Waals surface area contributed by atoms with E-state index < -0.39 is 11.8 Å². The summed E-state index contributed by atoms with van der Waals surface area (Å²) in [6, 6.07) is 0. The van der Waals surface area contributed by atoms with Gasteiger partial charge in [-0.25, -0.2) is 4.39 Å². The van der Waals surface area contributed by atoms with Crippen LogP contribution >= 0.6 is 11.6 Å². The molecule has 0 spiro atoms. The SMILES string of the molecule is CCC1(CC(=O)O)CC1c1ncc(F)c(Cl)c1C. The maximum atomic E-state index is 13.2. The van der Waals surface area contributed by atoms with Gasteiger partial charge in [0.2, 0.25) is 0 Å². The highest BCUT2D eigenvalue weighted by Crippen LogP contribution is 2.63. The number of carbonyl (C=O) groups is 1. The second-order valence-corrected chi connectivity index (χ2v) is 5.35. The van der Waals surface area contributed by atoms with Crippen LogP contribution in [0, 0.1) is 18.2 Å².